The number of fused-ring (bicyclic) bond motifs is 1. The number of amides is 1. The van der Waals surface area contributed by atoms with Gasteiger partial charge in [0.15, 0.2) is 0 Å². The van der Waals surface area contributed by atoms with Crippen LogP contribution in [0.3, 0.4) is 0 Å². The van der Waals surface area contributed by atoms with E-state index in [-0.39, 0.29) is 11.9 Å². The van der Waals surface area contributed by atoms with Crippen LogP contribution in [0.25, 0.3) is 10.9 Å². The van der Waals surface area contributed by atoms with Crippen molar-refractivity contribution >= 4 is 23.0 Å². The molecule has 1 amide bonds. The minimum absolute atomic E-state index is 0.0434. The monoisotopic (exact) mass is 388 g/mol. The standard InChI is InChI=1S/C24H28N4O/c1-17-6-9-20(10-7-17)23-12-13-25-28(23)24(29)19(3)5-4-14-27-22-11-8-18(2)15-21(22)16-26-27/h6,8-9,11,13,15-16,23H,3-5,7,10,12,14H2,1-2H3. The summed E-state index contributed by atoms with van der Waals surface area (Å²) in [5.41, 5.74) is 5.65. The number of benzene rings is 1. The van der Waals surface area contributed by atoms with Crippen molar-refractivity contribution in [1.29, 1.82) is 0 Å². The predicted molar refractivity (Wildman–Crippen MR) is 118 cm³/mol. The number of carbonyl (C=O) groups excluding carboxylic acids is 1. The Hall–Kier alpha value is -2.95. The first-order chi connectivity index (χ1) is 14.0. The van der Waals surface area contributed by atoms with E-state index in [2.05, 4.69) is 61.0 Å². The number of aryl methyl sites for hydroxylation is 2. The van der Waals surface area contributed by atoms with Crippen LogP contribution in [0.15, 0.2) is 64.9 Å². The van der Waals surface area contributed by atoms with Crippen molar-refractivity contribution in [2.45, 2.75) is 58.5 Å². The van der Waals surface area contributed by atoms with Crippen molar-refractivity contribution in [1.82, 2.24) is 14.8 Å². The highest BCUT2D eigenvalue weighted by Crippen LogP contribution is 2.29. The van der Waals surface area contributed by atoms with Crippen LogP contribution in [-0.2, 0) is 11.3 Å². The molecule has 1 aromatic carbocycles. The topological polar surface area (TPSA) is 50.5 Å². The molecule has 150 valence electrons. The Morgan fingerprint density at radius 2 is 2.10 bits per heavy atom. The largest absolute Gasteiger partial charge is 0.269 e. The van der Waals surface area contributed by atoms with Crippen LogP contribution in [0.1, 0.15) is 44.6 Å². The number of hydrogen-bond acceptors (Lipinski definition) is 3. The Kier molecular flexibility index (Phi) is 5.47. The first-order valence-corrected chi connectivity index (χ1v) is 10.3. The van der Waals surface area contributed by atoms with Gasteiger partial charge in [0.2, 0.25) is 0 Å². The van der Waals surface area contributed by atoms with E-state index in [4.69, 9.17) is 0 Å². The summed E-state index contributed by atoms with van der Waals surface area (Å²) in [5.74, 6) is -0.0585. The summed E-state index contributed by atoms with van der Waals surface area (Å²) in [6.45, 7) is 9.05. The molecule has 0 saturated carbocycles. The summed E-state index contributed by atoms with van der Waals surface area (Å²) in [7, 11) is 0. The second-order valence-corrected chi connectivity index (χ2v) is 8.09. The number of carbonyl (C=O) groups is 1. The van der Waals surface area contributed by atoms with Gasteiger partial charge in [-0.25, -0.2) is 5.01 Å². The molecule has 1 atom stereocenters. The van der Waals surface area contributed by atoms with Crippen LogP contribution in [-0.4, -0.2) is 33.0 Å². The molecule has 0 fully saturated rings. The average molecular weight is 389 g/mol. The van der Waals surface area contributed by atoms with E-state index < -0.39 is 0 Å². The minimum atomic E-state index is -0.0585. The molecular weight excluding hydrogens is 360 g/mol. The highest BCUT2D eigenvalue weighted by Gasteiger charge is 2.30. The van der Waals surface area contributed by atoms with E-state index in [0.29, 0.717) is 12.0 Å². The van der Waals surface area contributed by atoms with Gasteiger partial charge in [0, 0.05) is 30.1 Å². The zero-order valence-electron chi connectivity index (χ0n) is 17.3. The molecule has 0 radical (unpaired) electrons. The maximum Gasteiger partial charge on any atom is 0.269 e. The summed E-state index contributed by atoms with van der Waals surface area (Å²) in [4.78, 5) is 13.0. The molecular formula is C24H28N4O. The second kappa shape index (κ2) is 8.19. The van der Waals surface area contributed by atoms with Crippen LogP contribution in [0.5, 0.6) is 0 Å². The van der Waals surface area contributed by atoms with Gasteiger partial charge in [-0.15, -0.1) is 0 Å². The fourth-order valence-electron chi connectivity index (χ4n) is 4.05. The summed E-state index contributed by atoms with van der Waals surface area (Å²) in [6, 6.07) is 6.39. The number of hydrogen-bond donors (Lipinski definition) is 0. The van der Waals surface area contributed by atoms with Crippen molar-refractivity contribution in [3.05, 3.63) is 65.4 Å². The molecule has 5 nitrogen and oxygen atoms in total. The molecule has 0 saturated heterocycles. The SMILES string of the molecule is C=C(CCCn1ncc2cc(C)ccc21)C(=O)N1N=CCC1C1=CC=C(C)CC1. The van der Waals surface area contributed by atoms with E-state index in [9.17, 15) is 4.79 Å². The van der Waals surface area contributed by atoms with Crippen LogP contribution < -0.4 is 0 Å². The summed E-state index contributed by atoms with van der Waals surface area (Å²) in [5, 5.41) is 11.6. The van der Waals surface area contributed by atoms with E-state index in [1.807, 2.05) is 17.1 Å². The van der Waals surface area contributed by atoms with Crippen LogP contribution in [0.4, 0.5) is 0 Å². The van der Waals surface area contributed by atoms with Crippen LogP contribution in [0.2, 0.25) is 0 Å². The van der Waals surface area contributed by atoms with Gasteiger partial charge < -0.3 is 0 Å². The lowest BCUT2D eigenvalue weighted by atomic mass is 9.92. The second-order valence-electron chi connectivity index (χ2n) is 8.09. The average Bonchev–Trinajstić information content (AvgIpc) is 3.35. The molecule has 0 N–H and O–H groups in total. The molecule has 29 heavy (non-hydrogen) atoms. The Balaban J connectivity index is 1.35. The molecule has 4 rings (SSSR count). The molecule has 2 aromatic rings. The first-order valence-electron chi connectivity index (χ1n) is 10.3. The van der Waals surface area contributed by atoms with Gasteiger partial charge in [0.25, 0.3) is 5.91 Å². The number of hydrazone groups is 1. The highest BCUT2D eigenvalue weighted by molar-refractivity contribution is 5.94. The minimum Gasteiger partial charge on any atom is -0.268 e. The Morgan fingerprint density at radius 3 is 2.90 bits per heavy atom. The van der Waals surface area contributed by atoms with Gasteiger partial charge in [-0.2, -0.15) is 10.2 Å². The highest BCUT2D eigenvalue weighted by atomic mass is 16.2. The summed E-state index contributed by atoms with van der Waals surface area (Å²) >= 11 is 0. The molecule has 1 aromatic heterocycles. The fraction of sp³-hybridized carbons (Fsp3) is 0.375. The zero-order chi connectivity index (χ0) is 20.4. The van der Waals surface area contributed by atoms with Gasteiger partial charge in [-0.05, 0) is 57.2 Å². The van der Waals surface area contributed by atoms with Gasteiger partial charge >= 0.3 is 0 Å². The smallest absolute Gasteiger partial charge is 0.268 e. The molecule has 0 bridgehead atoms. The van der Waals surface area contributed by atoms with Crippen LogP contribution >= 0.6 is 0 Å². The van der Waals surface area contributed by atoms with E-state index in [1.54, 1.807) is 5.01 Å². The number of rotatable bonds is 6. The van der Waals surface area contributed by atoms with Gasteiger partial charge in [0.05, 0.1) is 17.8 Å². The third-order valence-corrected chi connectivity index (χ3v) is 5.80. The van der Waals surface area contributed by atoms with Crippen molar-refractivity contribution in [2.24, 2.45) is 5.10 Å². The fourth-order valence-corrected chi connectivity index (χ4v) is 4.05. The Morgan fingerprint density at radius 1 is 1.24 bits per heavy atom. The third-order valence-electron chi connectivity index (χ3n) is 5.80. The molecule has 1 aliphatic heterocycles. The van der Waals surface area contributed by atoms with Crippen molar-refractivity contribution in [3.63, 3.8) is 0 Å². The van der Waals surface area contributed by atoms with Gasteiger partial charge in [-0.1, -0.05) is 35.9 Å². The predicted octanol–water partition coefficient (Wildman–Crippen LogP) is 4.93. The maximum absolute atomic E-state index is 13.0. The summed E-state index contributed by atoms with van der Waals surface area (Å²) in [6.07, 6.45) is 12.4. The Labute approximate surface area is 172 Å². The Bertz CT molecular complexity index is 1040. The van der Waals surface area contributed by atoms with Crippen molar-refractivity contribution < 1.29 is 4.79 Å². The van der Waals surface area contributed by atoms with E-state index in [1.165, 1.54) is 16.7 Å². The van der Waals surface area contributed by atoms with Crippen LogP contribution in [0, 0.1) is 6.92 Å². The lowest BCUT2D eigenvalue weighted by Gasteiger charge is -2.26. The molecule has 1 unspecified atom stereocenters. The lowest BCUT2D eigenvalue weighted by Crippen LogP contribution is -2.35. The molecule has 2 heterocycles. The third kappa shape index (κ3) is 4.09. The van der Waals surface area contributed by atoms with Gasteiger partial charge in [-0.3, -0.25) is 9.48 Å². The number of allylic oxidation sites excluding steroid dienone is 3. The summed E-state index contributed by atoms with van der Waals surface area (Å²) < 4.78 is 2.00. The first kappa shape index (κ1) is 19.4. The van der Waals surface area contributed by atoms with E-state index >= 15 is 0 Å². The molecule has 1 aliphatic carbocycles. The molecule has 0 spiro atoms. The van der Waals surface area contributed by atoms with E-state index in [0.717, 1.165) is 43.1 Å². The van der Waals surface area contributed by atoms with Crippen molar-refractivity contribution in [2.75, 3.05) is 0 Å². The molecule has 5 heteroatoms. The normalized spacial score (nSPS) is 18.8. The lowest BCUT2D eigenvalue weighted by molar-refractivity contribution is -0.128. The quantitative estimate of drug-likeness (QED) is 0.659. The molecule has 2 aliphatic rings. The van der Waals surface area contributed by atoms with Gasteiger partial charge in [0.1, 0.15) is 0 Å². The number of aromatic nitrogens is 2. The van der Waals surface area contributed by atoms with Crippen molar-refractivity contribution in [3.8, 4) is 0 Å². The zero-order valence-corrected chi connectivity index (χ0v) is 17.3. The number of nitrogens with zero attached hydrogens (tertiary/aromatic N) is 4. The maximum atomic E-state index is 13.0.